The van der Waals surface area contributed by atoms with Crippen molar-refractivity contribution < 1.29 is 4.74 Å². The maximum absolute atomic E-state index is 5.50. The Bertz CT molecular complexity index is 1260. The van der Waals surface area contributed by atoms with Gasteiger partial charge in [0.1, 0.15) is 5.75 Å². The molecule has 0 bridgehead atoms. The molecule has 162 valence electrons. The summed E-state index contributed by atoms with van der Waals surface area (Å²) < 4.78 is 5.50. The number of hydrogen-bond donors (Lipinski definition) is 0. The van der Waals surface area contributed by atoms with Crippen LogP contribution >= 0.6 is 0 Å². The zero-order valence-electron chi connectivity index (χ0n) is 19.9. The van der Waals surface area contributed by atoms with Crippen molar-refractivity contribution in [2.75, 3.05) is 7.11 Å². The predicted octanol–water partition coefficient (Wildman–Crippen LogP) is 6.73. The molecule has 0 aliphatic carbocycles. The highest BCUT2D eigenvalue weighted by molar-refractivity contribution is 5.71. The van der Waals surface area contributed by atoms with Crippen LogP contribution in [0.5, 0.6) is 5.75 Å². The lowest BCUT2D eigenvalue weighted by atomic mass is 10.0. The minimum absolute atomic E-state index is 0.674. The molecule has 4 aromatic rings. The zero-order valence-corrected chi connectivity index (χ0v) is 19.9. The standard InChI is InChI=1S/C28H29N3O/c1-16-8-10-22(18(3)12-16)26-29-27(23-11-9-17(2)13-19(23)4)31-28(30-26)24-14-21(6)25(32-7)15-20(24)5/h8-15H,1-7H3. The van der Waals surface area contributed by atoms with Crippen molar-refractivity contribution in [2.45, 2.75) is 41.5 Å². The summed E-state index contributed by atoms with van der Waals surface area (Å²) in [6.45, 7) is 12.5. The van der Waals surface area contributed by atoms with Crippen LogP contribution in [-0.4, -0.2) is 22.1 Å². The summed E-state index contributed by atoms with van der Waals surface area (Å²) in [6.07, 6.45) is 0. The van der Waals surface area contributed by atoms with E-state index in [2.05, 4.69) is 77.1 Å². The lowest BCUT2D eigenvalue weighted by molar-refractivity contribution is 0.411. The molecule has 32 heavy (non-hydrogen) atoms. The van der Waals surface area contributed by atoms with Crippen LogP contribution in [0.3, 0.4) is 0 Å². The molecule has 1 aromatic heterocycles. The number of methoxy groups -OCH3 is 1. The van der Waals surface area contributed by atoms with Crippen LogP contribution in [0.2, 0.25) is 0 Å². The Morgan fingerprint density at radius 2 is 0.938 bits per heavy atom. The number of benzene rings is 3. The molecular weight excluding hydrogens is 394 g/mol. The third-order valence-corrected chi connectivity index (χ3v) is 5.86. The van der Waals surface area contributed by atoms with Crippen LogP contribution in [0.25, 0.3) is 34.2 Å². The van der Waals surface area contributed by atoms with Crippen LogP contribution in [0, 0.1) is 41.5 Å². The van der Waals surface area contributed by atoms with Gasteiger partial charge in [-0.05, 0) is 75.9 Å². The molecule has 0 amide bonds. The van der Waals surface area contributed by atoms with Crippen molar-refractivity contribution in [3.63, 3.8) is 0 Å². The quantitative estimate of drug-likeness (QED) is 0.365. The summed E-state index contributed by atoms with van der Waals surface area (Å²) in [4.78, 5) is 14.8. The van der Waals surface area contributed by atoms with Crippen molar-refractivity contribution in [1.29, 1.82) is 0 Å². The predicted molar refractivity (Wildman–Crippen MR) is 131 cm³/mol. The minimum Gasteiger partial charge on any atom is -0.496 e. The lowest BCUT2D eigenvalue weighted by Gasteiger charge is -2.14. The molecular formula is C28H29N3O. The molecule has 0 fully saturated rings. The Morgan fingerprint density at radius 1 is 0.500 bits per heavy atom. The first-order chi connectivity index (χ1) is 15.3. The molecule has 0 radical (unpaired) electrons. The van der Waals surface area contributed by atoms with Gasteiger partial charge in [-0.3, -0.25) is 0 Å². The fourth-order valence-corrected chi connectivity index (χ4v) is 4.12. The van der Waals surface area contributed by atoms with E-state index >= 15 is 0 Å². The highest BCUT2D eigenvalue weighted by Crippen LogP contribution is 2.32. The van der Waals surface area contributed by atoms with Crippen molar-refractivity contribution in [2.24, 2.45) is 0 Å². The van der Waals surface area contributed by atoms with E-state index in [9.17, 15) is 0 Å². The van der Waals surface area contributed by atoms with Gasteiger partial charge in [0.25, 0.3) is 0 Å². The van der Waals surface area contributed by atoms with Crippen LogP contribution < -0.4 is 4.74 Å². The first-order valence-electron chi connectivity index (χ1n) is 10.8. The zero-order chi connectivity index (χ0) is 23.0. The Morgan fingerprint density at radius 3 is 1.38 bits per heavy atom. The molecule has 1 heterocycles. The smallest absolute Gasteiger partial charge is 0.164 e. The summed E-state index contributed by atoms with van der Waals surface area (Å²) in [7, 11) is 1.70. The van der Waals surface area contributed by atoms with Crippen LogP contribution in [-0.2, 0) is 0 Å². The summed E-state index contributed by atoms with van der Waals surface area (Å²) in [5.74, 6) is 2.92. The van der Waals surface area contributed by atoms with E-state index in [-0.39, 0.29) is 0 Å². The molecule has 0 N–H and O–H groups in total. The van der Waals surface area contributed by atoms with Crippen molar-refractivity contribution >= 4 is 0 Å². The normalized spacial score (nSPS) is 11.0. The Hall–Kier alpha value is -3.53. The fourth-order valence-electron chi connectivity index (χ4n) is 4.12. The van der Waals surface area contributed by atoms with E-state index in [1.165, 1.54) is 11.1 Å². The SMILES string of the molecule is COc1cc(C)c(-c2nc(-c3ccc(C)cc3C)nc(-c3ccc(C)cc3C)n2)cc1C. The summed E-state index contributed by atoms with van der Waals surface area (Å²) in [5.41, 5.74) is 9.89. The Kier molecular flexibility index (Phi) is 5.79. The van der Waals surface area contributed by atoms with Gasteiger partial charge in [-0.1, -0.05) is 47.5 Å². The molecule has 4 rings (SSSR count). The summed E-state index contributed by atoms with van der Waals surface area (Å²) in [5, 5.41) is 0. The minimum atomic E-state index is 0.674. The number of ether oxygens (including phenoxy) is 1. The van der Waals surface area contributed by atoms with E-state index in [4.69, 9.17) is 19.7 Å². The van der Waals surface area contributed by atoms with E-state index in [0.29, 0.717) is 17.5 Å². The Balaban J connectivity index is 1.99. The van der Waals surface area contributed by atoms with Gasteiger partial charge in [-0.15, -0.1) is 0 Å². The molecule has 0 atom stereocenters. The van der Waals surface area contributed by atoms with Gasteiger partial charge in [-0.25, -0.2) is 15.0 Å². The average molecular weight is 424 g/mol. The van der Waals surface area contributed by atoms with Crippen LogP contribution in [0.15, 0.2) is 48.5 Å². The molecule has 0 saturated carbocycles. The number of hydrogen-bond acceptors (Lipinski definition) is 4. The second kappa shape index (κ2) is 8.54. The van der Waals surface area contributed by atoms with Gasteiger partial charge in [-0.2, -0.15) is 0 Å². The third kappa shape index (κ3) is 4.13. The topological polar surface area (TPSA) is 47.9 Å². The van der Waals surface area contributed by atoms with Gasteiger partial charge in [0, 0.05) is 16.7 Å². The van der Waals surface area contributed by atoms with Gasteiger partial charge >= 0.3 is 0 Å². The maximum Gasteiger partial charge on any atom is 0.164 e. The highest BCUT2D eigenvalue weighted by atomic mass is 16.5. The molecule has 3 aromatic carbocycles. The number of nitrogens with zero attached hydrogens (tertiary/aromatic N) is 3. The van der Waals surface area contributed by atoms with E-state index < -0.39 is 0 Å². The van der Waals surface area contributed by atoms with E-state index in [1.54, 1.807) is 7.11 Å². The van der Waals surface area contributed by atoms with Gasteiger partial charge in [0.05, 0.1) is 7.11 Å². The number of rotatable bonds is 4. The van der Waals surface area contributed by atoms with Gasteiger partial charge in [0.2, 0.25) is 0 Å². The van der Waals surface area contributed by atoms with Gasteiger partial charge in [0.15, 0.2) is 17.5 Å². The molecule has 0 saturated heterocycles. The second-order valence-corrected chi connectivity index (χ2v) is 8.58. The second-order valence-electron chi connectivity index (χ2n) is 8.58. The fraction of sp³-hybridized carbons (Fsp3) is 0.250. The monoisotopic (exact) mass is 423 g/mol. The Labute approximate surface area is 190 Å². The van der Waals surface area contributed by atoms with Crippen molar-refractivity contribution in [3.8, 4) is 39.9 Å². The van der Waals surface area contributed by atoms with E-state index in [0.717, 1.165) is 44.7 Å². The first-order valence-corrected chi connectivity index (χ1v) is 10.8. The molecule has 0 aliphatic rings. The summed E-state index contributed by atoms with van der Waals surface area (Å²) in [6, 6.07) is 16.9. The molecule has 0 spiro atoms. The van der Waals surface area contributed by atoms with Gasteiger partial charge < -0.3 is 4.74 Å². The molecule has 0 unspecified atom stereocenters. The van der Waals surface area contributed by atoms with Crippen molar-refractivity contribution in [1.82, 2.24) is 15.0 Å². The third-order valence-electron chi connectivity index (χ3n) is 5.86. The lowest BCUT2D eigenvalue weighted by Crippen LogP contribution is -2.03. The van der Waals surface area contributed by atoms with Crippen LogP contribution in [0.1, 0.15) is 33.4 Å². The molecule has 4 heteroatoms. The first kappa shape index (κ1) is 21.7. The maximum atomic E-state index is 5.50. The molecule has 4 nitrogen and oxygen atoms in total. The van der Waals surface area contributed by atoms with Crippen molar-refractivity contribution in [3.05, 3.63) is 81.9 Å². The number of aromatic nitrogens is 3. The summed E-state index contributed by atoms with van der Waals surface area (Å²) >= 11 is 0. The largest absolute Gasteiger partial charge is 0.496 e. The highest BCUT2D eigenvalue weighted by Gasteiger charge is 2.17. The van der Waals surface area contributed by atoms with E-state index in [1.807, 2.05) is 13.0 Å². The molecule has 0 aliphatic heterocycles. The number of aryl methyl sites for hydroxylation is 6. The van der Waals surface area contributed by atoms with Crippen LogP contribution in [0.4, 0.5) is 0 Å². The average Bonchev–Trinajstić information content (AvgIpc) is 2.74.